The van der Waals surface area contributed by atoms with Crippen molar-refractivity contribution in [3.63, 3.8) is 0 Å². The van der Waals surface area contributed by atoms with Crippen LogP contribution in [0.15, 0.2) is 12.3 Å². The van der Waals surface area contributed by atoms with E-state index >= 15 is 0 Å². The Morgan fingerprint density at radius 1 is 1.08 bits per heavy atom. The predicted octanol–water partition coefficient (Wildman–Crippen LogP) is 5.65. The summed E-state index contributed by atoms with van der Waals surface area (Å²) in [4.78, 5) is 0. The summed E-state index contributed by atoms with van der Waals surface area (Å²) in [6, 6.07) is 2.13. The third-order valence-electron chi connectivity index (χ3n) is 6.53. The molecule has 0 aromatic carbocycles. The second-order valence-electron chi connectivity index (χ2n) is 9.49. The van der Waals surface area contributed by atoms with Crippen LogP contribution in [-0.2, 0) is 0 Å². The van der Waals surface area contributed by atoms with Gasteiger partial charge in [0.2, 0.25) is 0 Å². The van der Waals surface area contributed by atoms with Gasteiger partial charge in [-0.25, -0.2) is 0 Å². The van der Waals surface area contributed by atoms with E-state index in [1.54, 1.807) is 0 Å². The summed E-state index contributed by atoms with van der Waals surface area (Å²) in [7, 11) is -2.67. The third kappa shape index (κ3) is 4.83. The first-order valence-corrected chi connectivity index (χ1v) is 15.7. The fourth-order valence-corrected chi connectivity index (χ4v) is 14.1. The van der Waals surface area contributed by atoms with Gasteiger partial charge in [-0.15, -0.1) is 12.3 Å². The second-order valence-corrected chi connectivity index (χ2v) is 20.2. The van der Waals surface area contributed by atoms with Crippen LogP contribution in [0.4, 0.5) is 0 Å². The number of nitrogens with one attached hydrogen (secondary N) is 1. The molecule has 1 saturated heterocycles. The Labute approximate surface area is 154 Å². The number of nitrogens with zero attached hydrogens (tertiary/aromatic N) is 1. The van der Waals surface area contributed by atoms with E-state index in [0.717, 1.165) is 22.7 Å². The highest BCUT2D eigenvalue weighted by Crippen LogP contribution is 2.45. The minimum Gasteiger partial charge on any atom is -0.317 e. The highest BCUT2D eigenvalue weighted by molar-refractivity contribution is 6.82. The predicted molar refractivity (Wildman–Crippen MR) is 116 cm³/mol. The van der Waals surface area contributed by atoms with Gasteiger partial charge in [-0.3, -0.25) is 0 Å². The summed E-state index contributed by atoms with van der Waals surface area (Å²) < 4.78 is 3.05. The van der Waals surface area contributed by atoms with Crippen LogP contribution in [-0.4, -0.2) is 46.6 Å². The van der Waals surface area contributed by atoms with E-state index in [2.05, 4.69) is 76.8 Å². The first-order chi connectivity index (χ1) is 11.1. The molecular formula is C20H44N2Si2. The minimum absolute atomic E-state index is 0.743. The molecule has 0 aromatic heterocycles. The zero-order valence-electron chi connectivity index (χ0n) is 17.8. The van der Waals surface area contributed by atoms with Gasteiger partial charge in [-0.05, 0) is 23.0 Å². The van der Waals surface area contributed by atoms with Crippen molar-refractivity contribution >= 4 is 16.3 Å². The lowest BCUT2D eigenvalue weighted by Gasteiger charge is -2.56. The van der Waals surface area contributed by atoms with Crippen molar-refractivity contribution in [2.24, 2.45) is 0 Å². The molecule has 142 valence electrons. The Hall–Kier alpha value is 0.0938. The van der Waals surface area contributed by atoms with E-state index in [1.165, 1.54) is 38.5 Å². The summed E-state index contributed by atoms with van der Waals surface area (Å²) >= 11 is 0. The third-order valence-corrected chi connectivity index (χ3v) is 16.4. The van der Waals surface area contributed by atoms with Gasteiger partial charge in [-0.1, -0.05) is 67.1 Å². The molecule has 0 spiro atoms. The molecular weight excluding hydrogens is 324 g/mol. The smallest absolute Gasteiger partial charge is 0.136 e. The molecule has 1 unspecified atom stereocenters. The number of piperazine rings is 1. The Bertz CT molecular complexity index is 369. The molecule has 1 fully saturated rings. The van der Waals surface area contributed by atoms with E-state index in [0.29, 0.717) is 0 Å². The van der Waals surface area contributed by atoms with E-state index in [1.807, 2.05) is 0 Å². The maximum absolute atomic E-state index is 4.07. The Balaban J connectivity index is 2.96. The molecule has 0 aromatic rings. The first-order valence-electron chi connectivity index (χ1n) is 10.2. The number of rotatable bonds is 9. The van der Waals surface area contributed by atoms with Crippen molar-refractivity contribution in [1.82, 2.24) is 9.88 Å². The van der Waals surface area contributed by atoms with Gasteiger partial charge < -0.3 is 9.88 Å². The second kappa shape index (κ2) is 9.15. The average Bonchev–Trinajstić information content (AvgIpc) is 2.48. The molecule has 0 radical (unpaired) electrons. The van der Waals surface area contributed by atoms with Crippen molar-refractivity contribution in [2.45, 2.75) is 96.2 Å². The molecule has 1 aliphatic heterocycles. The quantitative estimate of drug-likeness (QED) is 0.529. The van der Waals surface area contributed by atoms with Crippen molar-refractivity contribution < 1.29 is 0 Å². The lowest BCUT2D eigenvalue weighted by Crippen LogP contribution is -2.68. The Morgan fingerprint density at radius 2 is 1.62 bits per heavy atom. The molecule has 1 aliphatic rings. The monoisotopic (exact) mass is 368 g/mol. The normalized spacial score (nSPS) is 21.0. The van der Waals surface area contributed by atoms with Gasteiger partial charge in [0.05, 0.1) is 8.07 Å². The fourth-order valence-electron chi connectivity index (χ4n) is 5.42. The molecule has 0 saturated carbocycles. The molecule has 0 aliphatic carbocycles. The van der Waals surface area contributed by atoms with Gasteiger partial charge >= 0.3 is 0 Å². The van der Waals surface area contributed by atoms with E-state index in [9.17, 15) is 0 Å². The van der Waals surface area contributed by atoms with Crippen LogP contribution in [0.2, 0.25) is 35.8 Å². The van der Waals surface area contributed by atoms with Crippen molar-refractivity contribution in [3.8, 4) is 0 Å². The van der Waals surface area contributed by atoms with Crippen LogP contribution in [0.1, 0.15) is 54.4 Å². The van der Waals surface area contributed by atoms with Crippen LogP contribution in [0.3, 0.4) is 0 Å². The molecule has 2 nitrogen and oxygen atoms in total. The SMILES string of the molecule is C=C[Si](C)(C)CCCC1CNCCN1[Si](C(C)C)(C(C)C)C(C)C. The molecule has 4 heteroatoms. The fraction of sp³-hybridized carbons (Fsp3) is 0.900. The maximum atomic E-state index is 4.07. The van der Waals surface area contributed by atoms with Gasteiger partial charge in [0.1, 0.15) is 8.24 Å². The van der Waals surface area contributed by atoms with E-state index < -0.39 is 16.3 Å². The van der Waals surface area contributed by atoms with Crippen molar-refractivity contribution in [1.29, 1.82) is 0 Å². The summed E-state index contributed by atoms with van der Waals surface area (Å²) in [5.41, 5.74) is 4.71. The average molecular weight is 369 g/mol. The highest BCUT2D eigenvalue weighted by atomic mass is 28.3. The van der Waals surface area contributed by atoms with Crippen LogP contribution in [0.5, 0.6) is 0 Å². The molecule has 1 atom stereocenters. The number of hydrogen-bond acceptors (Lipinski definition) is 2. The summed E-state index contributed by atoms with van der Waals surface area (Å²) in [5, 5.41) is 3.69. The standard InChI is InChI=1S/C20H44N2Si2/c1-10-23(8,9)15-11-12-20-16-21-13-14-22(20)24(17(2)3,18(4)5)19(6)7/h10,17-21H,1,11-16H2,2-9H3. The minimum atomic E-state index is -1.51. The van der Waals surface area contributed by atoms with Gasteiger partial charge in [0.15, 0.2) is 0 Å². The topological polar surface area (TPSA) is 15.3 Å². The molecule has 0 bridgehead atoms. The summed E-state index contributed by atoms with van der Waals surface area (Å²) in [6.45, 7) is 27.6. The van der Waals surface area contributed by atoms with Crippen molar-refractivity contribution in [2.75, 3.05) is 19.6 Å². The zero-order chi connectivity index (χ0) is 18.5. The van der Waals surface area contributed by atoms with Gasteiger partial charge in [-0.2, -0.15) is 0 Å². The van der Waals surface area contributed by atoms with Crippen LogP contribution in [0, 0.1) is 0 Å². The Morgan fingerprint density at radius 3 is 2.08 bits per heavy atom. The lowest BCUT2D eigenvalue weighted by atomic mass is 10.1. The van der Waals surface area contributed by atoms with Gasteiger partial charge in [0, 0.05) is 25.7 Å². The molecule has 1 rings (SSSR count). The summed E-state index contributed by atoms with van der Waals surface area (Å²) in [5.74, 6) is 0. The zero-order valence-corrected chi connectivity index (χ0v) is 19.8. The van der Waals surface area contributed by atoms with Crippen LogP contribution in [0.25, 0.3) is 0 Å². The van der Waals surface area contributed by atoms with Crippen molar-refractivity contribution in [3.05, 3.63) is 12.3 Å². The molecule has 1 N–H and O–H groups in total. The molecule has 24 heavy (non-hydrogen) atoms. The van der Waals surface area contributed by atoms with E-state index in [4.69, 9.17) is 0 Å². The summed E-state index contributed by atoms with van der Waals surface area (Å²) in [6.07, 6.45) is 2.73. The Kier molecular flexibility index (Phi) is 8.44. The van der Waals surface area contributed by atoms with Gasteiger partial charge in [0.25, 0.3) is 0 Å². The highest BCUT2D eigenvalue weighted by Gasteiger charge is 2.50. The van der Waals surface area contributed by atoms with Crippen LogP contribution >= 0.6 is 0 Å². The lowest BCUT2D eigenvalue weighted by molar-refractivity contribution is 0.232. The molecule has 0 amide bonds. The molecule has 1 heterocycles. The van der Waals surface area contributed by atoms with E-state index in [-0.39, 0.29) is 0 Å². The first kappa shape index (κ1) is 22.1. The van der Waals surface area contributed by atoms with Crippen LogP contribution < -0.4 is 5.32 Å². The maximum Gasteiger partial charge on any atom is 0.136 e. The largest absolute Gasteiger partial charge is 0.317 e. The number of hydrogen-bond donors (Lipinski definition) is 1.